The SMILES string of the molecule is CC(Nc1ccncc1[N+](=O)[O-])c1nncn1C. The van der Waals surface area contributed by atoms with Crippen LogP contribution in [0.15, 0.2) is 24.8 Å². The van der Waals surface area contributed by atoms with E-state index in [1.807, 2.05) is 14.0 Å². The lowest BCUT2D eigenvalue weighted by molar-refractivity contribution is -0.384. The largest absolute Gasteiger partial charge is 0.370 e. The number of aromatic nitrogens is 4. The quantitative estimate of drug-likeness (QED) is 0.646. The molecule has 0 amide bonds. The first-order chi connectivity index (χ1) is 8.59. The second-order valence-electron chi connectivity index (χ2n) is 3.82. The lowest BCUT2D eigenvalue weighted by atomic mass is 10.2. The number of nitrogens with one attached hydrogen (secondary N) is 1. The van der Waals surface area contributed by atoms with E-state index in [2.05, 4.69) is 20.5 Å². The van der Waals surface area contributed by atoms with Gasteiger partial charge in [-0.15, -0.1) is 10.2 Å². The van der Waals surface area contributed by atoms with Crippen molar-refractivity contribution in [1.82, 2.24) is 19.7 Å². The van der Waals surface area contributed by atoms with Crippen molar-refractivity contribution in [1.29, 1.82) is 0 Å². The maximum absolute atomic E-state index is 10.8. The highest BCUT2D eigenvalue weighted by atomic mass is 16.6. The van der Waals surface area contributed by atoms with Crippen molar-refractivity contribution in [2.45, 2.75) is 13.0 Å². The number of anilines is 1. The zero-order valence-corrected chi connectivity index (χ0v) is 9.94. The lowest BCUT2D eigenvalue weighted by Gasteiger charge is -2.13. The Morgan fingerprint density at radius 2 is 2.33 bits per heavy atom. The van der Waals surface area contributed by atoms with Crippen LogP contribution < -0.4 is 5.32 Å². The summed E-state index contributed by atoms with van der Waals surface area (Å²) in [7, 11) is 1.81. The Balaban J connectivity index is 2.25. The monoisotopic (exact) mass is 248 g/mol. The van der Waals surface area contributed by atoms with Gasteiger partial charge in [-0.1, -0.05) is 0 Å². The fraction of sp³-hybridized carbons (Fsp3) is 0.300. The van der Waals surface area contributed by atoms with Crippen LogP contribution >= 0.6 is 0 Å². The van der Waals surface area contributed by atoms with Gasteiger partial charge in [-0.05, 0) is 13.0 Å². The summed E-state index contributed by atoms with van der Waals surface area (Å²) in [6.07, 6.45) is 4.29. The first kappa shape index (κ1) is 12.0. The van der Waals surface area contributed by atoms with Gasteiger partial charge in [-0.25, -0.2) is 0 Å². The van der Waals surface area contributed by atoms with E-state index in [-0.39, 0.29) is 11.7 Å². The Bertz CT molecular complexity index is 567. The number of hydrogen-bond acceptors (Lipinski definition) is 6. The highest BCUT2D eigenvalue weighted by Gasteiger charge is 2.17. The normalized spacial score (nSPS) is 12.1. The van der Waals surface area contributed by atoms with E-state index in [4.69, 9.17) is 0 Å². The molecule has 8 nitrogen and oxygen atoms in total. The first-order valence-electron chi connectivity index (χ1n) is 5.28. The van der Waals surface area contributed by atoms with Gasteiger partial charge in [0.15, 0.2) is 5.82 Å². The molecule has 0 radical (unpaired) electrons. The predicted octanol–water partition coefficient (Wildman–Crippen LogP) is 1.29. The average molecular weight is 248 g/mol. The van der Waals surface area contributed by atoms with Crippen LogP contribution in [-0.2, 0) is 7.05 Å². The Hall–Kier alpha value is -2.51. The third-order valence-corrected chi connectivity index (χ3v) is 2.50. The number of aryl methyl sites for hydroxylation is 1. The van der Waals surface area contributed by atoms with Crippen molar-refractivity contribution in [2.75, 3.05) is 5.32 Å². The van der Waals surface area contributed by atoms with Gasteiger partial charge in [0.2, 0.25) is 0 Å². The number of rotatable bonds is 4. The summed E-state index contributed by atoms with van der Waals surface area (Å²) >= 11 is 0. The molecule has 2 rings (SSSR count). The van der Waals surface area contributed by atoms with Crippen molar-refractivity contribution in [3.63, 3.8) is 0 Å². The molecule has 0 saturated heterocycles. The summed E-state index contributed by atoms with van der Waals surface area (Å²) in [6.45, 7) is 1.86. The van der Waals surface area contributed by atoms with Crippen molar-refractivity contribution >= 4 is 11.4 Å². The van der Waals surface area contributed by atoms with Crippen LogP contribution in [0.2, 0.25) is 0 Å². The third kappa shape index (κ3) is 2.26. The Morgan fingerprint density at radius 1 is 1.56 bits per heavy atom. The summed E-state index contributed by atoms with van der Waals surface area (Å²) in [4.78, 5) is 14.1. The predicted molar refractivity (Wildman–Crippen MR) is 63.9 cm³/mol. The molecular weight excluding hydrogens is 236 g/mol. The number of hydrogen-bond donors (Lipinski definition) is 1. The molecule has 18 heavy (non-hydrogen) atoms. The van der Waals surface area contributed by atoms with E-state index in [0.29, 0.717) is 11.5 Å². The molecule has 0 aliphatic carbocycles. The lowest BCUT2D eigenvalue weighted by Crippen LogP contribution is -2.13. The van der Waals surface area contributed by atoms with Crippen LogP contribution in [0.4, 0.5) is 11.4 Å². The van der Waals surface area contributed by atoms with E-state index in [9.17, 15) is 10.1 Å². The number of nitrogens with zero attached hydrogens (tertiary/aromatic N) is 5. The molecule has 2 aromatic rings. The first-order valence-corrected chi connectivity index (χ1v) is 5.28. The molecule has 1 atom stereocenters. The molecule has 94 valence electrons. The van der Waals surface area contributed by atoms with Gasteiger partial charge in [0.05, 0.1) is 11.0 Å². The van der Waals surface area contributed by atoms with E-state index in [0.717, 1.165) is 0 Å². The van der Waals surface area contributed by atoms with Gasteiger partial charge < -0.3 is 9.88 Å². The van der Waals surface area contributed by atoms with Crippen molar-refractivity contribution < 1.29 is 4.92 Å². The molecule has 0 saturated carbocycles. The summed E-state index contributed by atoms with van der Waals surface area (Å²) in [5.41, 5.74) is 0.344. The molecule has 2 aromatic heterocycles. The van der Waals surface area contributed by atoms with Gasteiger partial charge in [-0.3, -0.25) is 15.1 Å². The van der Waals surface area contributed by atoms with Gasteiger partial charge in [-0.2, -0.15) is 0 Å². The number of nitro groups is 1. The Labute approximate surface area is 103 Å². The molecule has 0 aliphatic rings. The Morgan fingerprint density at radius 3 is 2.94 bits per heavy atom. The second-order valence-corrected chi connectivity index (χ2v) is 3.82. The van der Waals surface area contributed by atoms with Gasteiger partial charge in [0.1, 0.15) is 18.2 Å². The van der Waals surface area contributed by atoms with E-state index < -0.39 is 4.92 Å². The highest BCUT2D eigenvalue weighted by molar-refractivity contribution is 5.60. The van der Waals surface area contributed by atoms with E-state index in [1.165, 1.54) is 12.4 Å². The molecule has 0 aromatic carbocycles. The molecule has 0 fully saturated rings. The summed E-state index contributed by atoms with van der Waals surface area (Å²) < 4.78 is 1.75. The fourth-order valence-electron chi connectivity index (χ4n) is 1.64. The third-order valence-electron chi connectivity index (χ3n) is 2.50. The number of pyridine rings is 1. The molecule has 0 bridgehead atoms. The minimum Gasteiger partial charge on any atom is -0.370 e. The van der Waals surface area contributed by atoms with Crippen LogP contribution in [0.1, 0.15) is 18.8 Å². The molecule has 1 N–H and O–H groups in total. The summed E-state index contributed by atoms with van der Waals surface area (Å²) in [6, 6.07) is 1.36. The van der Waals surface area contributed by atoms with E-state index in [1.54, 1.807) is 17.0 Å². The van der Waals surface area contributed by atoms with Crippen LogP contribution in [-0.4, -0.2) is 24.7 Å². The smallest absolute Gasteiger partial charge is 0.310 e. The minimum atomic E-state index is -0.473. The van der Waals surface area contributed by atoms with Gasteiger partial charge in [0, 0.05) is 13.2 Å². The van der Waals surface area contributed by atoms with Crippen LogP contribution in [0.5, 0.6) is 0 Å². The minimum absolute atomic E-state index is 0.0634. The molecule has 8 heteroatoms. The zero-order chi connectivity index (χ0) is 13.1. The van der Waals surface area contributed by atoms with Crippen molar-refractivity contribution in [3.05, 3.63) is 40.7 Å². The van der Waals surface area contributed by atoms with Crippen molar-refractivity contribution in [3.8, 4) is 0 Å². The fourth-order valence-corrected chi connectivity index (χ4v) is 1.64. The summed E-state index contributed by atoms with van der Waals surface area (Å²) in [5.74, 6) is 0.695. The molecular formula is C10H12N6O2. The topological polar surface area (TPSA) is 98.8 Å². The Kier molecular flexibility index (Phi) is 3.18. The van der Waals surface area contributed by atoms with Gasteiger partial charge >= 0.3 is 5.69 Å². The van der Waals surface area contributed by atoms with Crippen molar-refractivity contribution in [2.24, 2.45) is 7.05 Å². The molecule has 0 spiro atoms. The van der Waals surface area contributed by atoms with Crippen LogP contribution in [0, 0.1) is 10.1 Å². The van der Waals surface area contributed by atoms with Crippen LogP contribution in [0.25, 0.3) is 0 Å². The molecule has 2 heterocycles. The summed E-state index contributed by atoms with van der Waals surface area (Å²) in [5, 5.41) is 21.6. The van der Waals surface area contributed by atoms with Gasteiger partial charge in [0.25, 0.3) is 0 Å². The highest BCUT2D eigenvalue weighted by Crippen LogP contribution is 2.25. The van der Waals surface area contributed by atoms with Crippen LogP contribution in [0.3, 0.4) is 0 Å². The average Bonchev–Trinajstić information content (AvgIpc) is 2.76. The second kappa shape index (κ2) is 4.78. The standard InChI is InChI=1S/C10H12N6O2/c1-7(10-14-12-6-15(10)2)13-8-3-4-11-5-9(8)16(17)18/h3-7H,1-2H3,(H,11,13). The maximum atomic E-state index is 10.8. The maximum Gasteiger partial charge on any atom is 0.310 e. The van der Waals surface area contributed by atoms with E-state index >= 15 is 0 Å². The molecule has 1 unspecified atom stereocenters. The zero-order valence-electron chi connectivity index (χ0n) is 9.94. The molecule has 0 aliphatic heterocycles.